The normalized spacial score (nSPS) is 14.6. The van der Waals surface area contributed by atoms with E-state index in [2.05, 4.69) is 285 Å². The van der Waals surface area contributed by atoms with Crippen molar-refractivity contribution < 1.29 is 9.15 Å². The second kappa shape index (κ2) is 18.0. The molecule has 1 unspecified atom stereocenters. The van der Waals surface area contributed by atoms with Crippen LogP contribution in [0.1, 0.15) is 154 Å². The van der Waals surface area contributed by atoms with Gasteiger partial charge in [-0.2, -0.15) is 0 Å². The van der Waals surface area contributed by atoms with E-state index in [4.69, 9.17) is 9.15 Å². The van der Waals surface area contributed by atoms with Gasteiger partial charge in [-0.1, -0.05) is 237 Å². The molecule has 1 aromatic heterocycles. The number of rotatable bonds is 5. The summed E-state index contributed by atoms with van der Waals surface area (Å²) in [6.07, 6.45) is 0. The Bertz CT molecular complexity index is 3940. The Morgan fingerprint density at radius 1 is 0.359 bits per heavy atom. The van der Waals surface area contributed by atoms with Crippen LogP contribution < -0.4 is 9.64 Å². The number of ether oxygens (including phenoxy) is 1. The number of anilines is 3. The van der Waals surface area contributed by atoms with Crippen molar-refractivity contribution in [3.8, 4) is 56.0 Å². The highest BCUT2D eigenvalue weighted by Crippen LogP contribution is 2.63. The van der Waals surface area contributed by atoms with Crippen molar-refractivity contribution in [3.05, 3.63) is 220 Å². The van der Waals surface area contributed by atoms with Gasteiger partial charge in [-0.05, 0) is 136 Å². The Hall–Kier alpha value is -7.62. The van der Waals surface area contributed by atoms with Crippen LogP contribution in [-0.4, -0.2) is 0 Å². The van der Waals surface area contributed by atoms with Crippen LogP contribution in [-0.2, 0) is 27.1 Å². The molecule has 1 atom stereocenters. The zero-order valence-corrected chi connectivity index (χ0v) is 48.6. The van der Waals surface area contributed by atoms with Crippen molar-refractivity contribution in [2.75, 3.05) is 4.90 Å². The van der Waals surface area contributed by atoms with Gasteiger partial charge < -0.3 is 14.1 Å². The van der Waals surface area contributed by atoms with E-state index in [-0.39, 0.29) is 33.0 Å². The summed E-state index contributed by atoms with van der Waals surface area (Å²) in [4.78, 5) is 2.59. The van der Waals surface area contributed by atoms with E-state index >= 15 is 0 Å². The SMILES string of the molecule is CC(C)(C)c1cc(-c2ccc3c(c2)C2c4cc(C(C)(C)C)ccc4N(c4c(-c5ccccc5)cc5c(oc6ccccc65)c4-c4ccccc4)c4cc(-c5cc(C(C)(C)C)cc(C(C)(C)C)c5)cc(c42)O3)cc(C(C)(C)C)c1. The van der Waals surface area contributed by atoms with Crippen LogP contribution >= 0.6 is 0 Å². The molecule has 3 heteroatoms. The molecule has 3 nitrogen and oxygen atoms in total. The molecular formula is C75H75NO2. The molecule has 0 radical (unpaired) electrons. The van der Waals surface area contributed by atoms with E-state index in [9.17, 15) is 0 Å². The summed E-state index contributed by atoms with van der Waals surface area (Å²) in [6.45, 7) is 34.9. The van der Waals surface area contributed by atoms with E-state index in [1.165, 1.54) is 55.6 Å². The van der Waals surface area contributed by atoms with Gasteiger partial charge in [0, 0.05) is 38.9 Å². The van der Waals surface area contributed by atoms with Gasteiger partial charge in [0.2, 0.25) is 0 Å². The first-order valence-electron chi connectivity index (χ1n) is 28.2. The fourth-order valence-electron chi connectivity index (χ4n) is 11.9. The van der Waals surface area contributed by atoms with Gasteiger partial charge >= 0.3 is 0 Å². The van der Waals surface area contributed by atoms with E-state index in [1.807, 2.05) is 0 Å². The third-order valence-corrected chi connectivity index (χ3v) is 16.6. The lowest BCUT2D eigenvalue weighted by Crippen LogP contribution is -2.27. The van der Waals surface area contributed by atoms with Crippen molar-refractivity contribution in [2.24, 2.45) is 0 Å². The predicted octanol–water partition coefficient (Wildman–Crippen LogP) is 21.8. The summed E-state index contributed by atoms with van der Waals surface area (Å²) in [6, 6.07) is 66.4. The van der Waals surface area contributed by atoms with Gasteiger partial charge in [-0.25, -0.2) is 0 Å². The highest BCUT2D eigenvalue weighted by Gasteiger charge is 2.43. The Morgan fingerprint density at radius 2 is 0.885 bits per heavy atom. The van der Waals surface area contributed by atoms with Crippen molar-refractivity contribution >= 4 is 39.0 Å². The van der Waals surface area contributed by atoms with Gasteiger partial charge in [0.15, 0.2) is 0 Å². The number of benzene rings is 9. The summed E-state index contributed by atoms with van der Waals surface area (Å²) in [7, 11) is 0. The highest BCUT2D eigenvalue weighted by molar-refractivity contribution is 6.17. The predicted molar refractivity (Wildman–Crippen MR) is 331 cm³/mol. The van der Waals surface area contributed by atoms with Gasteiger partial charge in [-0.15, -0.1) is 0 Å². The molecule has 0 aliphatic carbocycles. The molecular weight excluding hydrogens is 947 g/mol. The minimum Gasteiger partial charge on any atom is -0.457 e. The standard InChI is InChI=1S/C75H75NO2/c1-71(2,3)51-31-32-61-59(43-51)67-60-38-47(48-34-52(72(4,5)6)41-53(35-48)73(7,8)9)30-33-64(60)77-65-40-50(49-36-54(74(10,11)12)42-55(37-49)75(13,14)15)39-62(68(65)67)76(61)69-57(45-24-18-16-19-25-45)44-58-56-28-22-23-29-63(56)78-70(58)66(69)46-26-20-17-21-27-46/h16-44,67H,1-15H3. The van der Waals surface area contributed by atoms with Crippen molar-refractivity contribution in [1.82, 2.24) is 0 Å². The van der Waals surface area contributed by atoms with Crippen molar-refractivity contribution in [1.29, 1.82) is 0 Å². The molecule has 0 fully saturated rings. The van der Waals surface area contributed by atoms with Crippen LogP contribution in [0.5, 0.6) is 11.5 Å². The second-order valence-corrected chi connectivity index (χ2v) is 27.5. The molecule has 0 amide bonds. The van der Waals surface area contributed by atoms with Gasteiger partial charge in [-0.3, -0.25) is 0 Å². The van der Waals surface area contributed by atoms with Crippen molar-refractivity contribution in [3.63, 3.8) is 0 Å². The number of fused-ring (bicyclic) bond motifs is 7. The number of hydrogen-bond acceptors (Lipinski definition) is 3. The van der Waals surface area contributed by atoms with Gasteiger partial charge in [0.1, 0.15) is 22.7 Å². The molecule has 0 saturated carbocycles. The maximum absolute atomic E-state index is 7.52. The molecule has 9 aromatic carbocycles. The van der Waals surface area contributed by atoms with Crippen LogP contribution in [0.2, 0.25) is 0 Å². The first-order chi connectivity index (χ1) is 36.8. The lowest BCUT2D eigenvalue weighted by atomic mass is 9.73. The minimum absolute atomic E-state index is 0.0311. The maximum Gasteiger partial charge on any atom is 0.145 e. The minimum atomic E-state index is -0.157. The molecule has 392 valence electrons. The van der Waals surface area contributed by atoms with Crippen LogP contribution in [0.15, 0.2) is 180 Å². The number of para-hydroxylation sites is 1. The molecule has 3 heterocycles. The smallest absolute Gasteiger partial charge is 0.145 e. The maximum atomic E-state index is 7.52. The molecule has 78 heavy (non-hydrogen) atoms. The Morgan fingerprint density at radius 3 is 1.46 bits per heavy atom. The summed E-state index contributed by atoms with van der Waals surface area (Å²) >= 11 is 0. The van der Waals surface area contributed by atoms with Gasteiger partial charge in [0.25, 0.3) is 0 Å². The Kier molecular flexibility index (Phi) is 11.8. The van der Waals surface area contributed by atoms with Gasteiger partial charge in [0.05, 0.1) is 17.1 Å². The van der Waals surface area contributed by atoms with Crippen LogP contribution in [0.25, 0.3) is 66.4 Å². The molecule has 0 spiro atoms. The van der Waals surface area contributed by atoms with E-state index in [0.717, 1.165) is 83.9 Å². The first kappa shape index (κ1) is 51.2. The zero-order chi connectivity index (χ0) is 55.0. The quantitative estimate of drug-likeness (QED) is 0.172. The number of hydrogen-bond donors (Lipinski definition) is 0. The van der Waals surface area contributed by atoms with E-state index in [1.54, 1.807) is 0 Å². The average Bonchev–Trinajstić information content (AvgIpc) is 2.46. The molecule has 10 aromatic rings. The summed E-state index contributed by atoms with van der Waals surface area (Å²) < 4.78 is 14.7. The van der Waals surface area contributed by atoms with Crippen LogP contribution in [0.4, 0.5) is 17.1 Å². The fourth-order valence-corrected chi connectivity index (χ4v) is 11.9. The molecule has 2 aliphatic rings. The average molecular weight is 1020 g/mol. The van der Waals surface area contributed by atoms with Crippen LogP contribution in [0, 0.1) is 0 Å². The zero-order valence-electron chi connectivity index (χ0n) is 48.6. The Balaban J connectivity index is 1.23. The summed E-state index contributed by atoms with van der Waals surface area (Å²) in [5.74, 6) is 1.61. The van der Waals surface area contributed by atoms with E-state index in [0.29, 0.717) is 0 Å². The second-order valence-electron chi connectivity index (χ2n) is 27.5. The molecule has 0 bridgehead atoms. The lowest BCUT2D eigenvalue weighted by molar-refractivity contribution is 0.452. The first-order valence-corrected chi connectivity index (χ1v) is 28.2. The lowest BCUT2D eigenvalue weighted by Gasteiger charge is -2.43. The van der Waals surface area contributed by atoms with Crippen molar-refractivity contribution in [2.45, 2.75) is 137 Å². The third kappa shape index (κ3) is 8.84. The topological polar surface area (TPSA) is 25.6 Å². The van der Waals surface area contributed by atoms with Crippen LogP contribution in [0.3, 0.4) is 0 Å². The summed E-state index contributed by atoms with van der Waals surface area (Å²) in [5.41, 5.74) is 23.9. The van der Waals surface area contributed by atoms with E-state index < -0.39 is 0 Å². The highest BCUT2D eigenvalue weighted by atomic mass is 16.5. The molecule has 0 N–H and O–H groups in total. The largest absolute Gasteiger partial charge is 0.457 e. The molecule has 12 rings (SSSR count). The molecule has 2 aliphatic heterocycles. The Labute approximate surface area is 464 Å². The monoisotopic (exact) mass is 1020 g/mol. The fraction of sp³-hybridized carbons (Fsp3) is 0.280. The third-order valence-electron chi connectivity index (χ3n) is 16.6. The number of furan rings is 1. The summed E-state index contributed by atoms with van der Waals surface area (Å²) in [5, 5.41) is 2.18. The number of nitrogens with zero attached hydrogens (tertiary/aromatic N) is 1. The molecule has 0 saturated heterocycles.